The zero-order valence-electron chi connectivity index (χ0n) is 16.1. The predicted molar refractivity (Wildman–Crippen MR) is 109 cm³/mol. The summed E-state index contributed by atoms with van der Waals surface area (Å²) in [5.74, 6) is 1.15. The molecule has 1 amide bonds. The minimum absolute atomic E-state index is 0.169. The molecule has 0 radical (unpaired) electrons. The fraction of sp³-hybridized carbons (Fsp3) is 0.381. The highest BCUT2D eigenvalue weighted by molar-refractivity contribution is 8.00. The number of fused-ring (bicyclic) bond motifs is 1. The van der Waals surface area contributed by atoms with Gasteiger partial charge in [-0.05, 0) is 49.4 Å². The van der Waals surface area contributed by atoms with Crippen LogP contribution in [0.1, 0.15) is 36.1 Å². The number of carbonyl (C=O) groups excluding carboxylic acids is 1. The van der Waals surface area contributed by atoms with Crippen LogP contribution in [0.25, 0.3) is 0 Å². The third-order valence-electron chi connectivity index (χ3n) is 4.64. The van der Waals surface area contributed by atoms with Crippen molar-refractivity contribution in [2.75, 3.05) is 25.3 Å². The lowest BCUT2D eigenvalue weighted by Crippen LogP contribution is -2.14. The smallest absolute Gasteiger partial charge is 0.234 e. The van der Waals surface area contributed by atoms with E-state index in [9.17, 15) is 10.1 Å². The summed E-state index contributed by atoms with van der Waals surface area (Å²) in [6.07, 6.45) is 5.36. The van der Waals surface area contributed by atoms with Gasteiger partial charge in [-0.25, -0.2) is 4.98 Å². The van der Waals surface area contributed by atoms with Gasteiger partial charge in [-0.15, -0.1) is 0 Å². The van der Waals surface area contributed by atoms with Crippen molar-refractivity contribution in [2.45, 2.75) is 37.1 Å². The number of thioether (sulfide) groups is 1. The fourth-order valence-corrected chi connectivity index (χ4v) is 4.00. The van der Waals surface area contributed by atoms with Crippen LogP contribution in [0.2, 0.25) is 0 Å². The quantitative estimate of drug-likeness (QED) is 0.586. The number of carbonyl (C=O) groups is 1. The molecule has 7 heteroatoms. The second-order valence-electron chi connectivity index (χ2n) is 6.53. The highest BCUT2D eigenvalue weighted by atomic mass is 32.2. The normalized spacial score (nSPS) is 13.0. The Labute approximate surface area is 169 Å². The summed E-state index contributed by atoms with van der Waals surface area (Å²) in [6, 6.07) is 9.37. The van der Waals surface area contributed by atoms with Crippen molar-refractivity contribution < 1.29 is 14.3 Å². The lowest BCUT2D eigenvalue weighted by Gasteiger charge is -2.11. The number of ether oxygens (including phenoxy) is 2. The highest BCUT2D eigenvalue weighted by Gasteiger charge is 2.16. The molecular weight excluding hydrogens is 374 g/mol. The Morgan fingerprint density at radius 1 is 1.18 bits per heavy atom. The summed E-state index contributed by atoms with van der Waals surface area (Å²) in [4.78, 5) is 17.1. The lowest BCUT2D eigenvalue weighted by atomic mass is 10.1. The molecule has 2 aromatic rings. The van der Waals surface area contributed by atoms with E-state index in [2.05, 4.69) is 11.4 Å². The number of hydrogen-bond acceptors (Lipinski definition) is 6. The largest absolute Gasteiger partial charge is 0.493 e. The van der Waals surface area contributed by atoms with Gasteiger partial charge in [0.05, 0.1) is 25.5 Å². The molecule has 0 saturated heterocycles. The zero-order valence-corrected chi connectivity index (χ0v) is 16.9. The number of anilines is 1. The molecule has 6 nitrogen and oxygen atoms in total. The first-order valence-electron chi connectivity index (χ1n) is 9.22. The lowest BCUT2D eigenvalue weighted by molar-refractivity contribution is -0.113. The third kappa shape index (κ3) is 4.76. The molecule has 28 heavy (non-hydrogen) atoms. The minimum atomic E-state index is -0.169. The molecular formula is C21H23N3O3S. The Kier molecular flexibility index (Phi) is 6.77. The van der Waals surface area contributed by atoms with Gasteiger partial charge in [0.25, 0.3) is 0 Å². The van der Waals surface area contributed by atoms with Crippen LogP contribution < -0.4 is 14.8 Å². The maximum absolute atomic E-state index is 12.4. The molecule has 0 atom stereocenters. The first-order chi connectivity index (χ1) is 13.6. The standard InChI is InChI=1S/C21H23N3O3S/c1-26-18-9-8-16(11-19(18)27-2)23-20(25)13-28-21-15(12-22)10-14-6-4-3-5-7-17(14)24-21/h8-11H,3-7,13H2,1-2H3,(H,23,25). The van der Waals surface area contributed by atoms with Gasteiger partial charge in [0.2, 0.25) is 5.91 Å². The zero-order chi connectivity index (χ0) is 19.9. The van der Waals surface area contributed by atoms with Gasteiger partial charge in [-0.1, -0.05) is 18.2 Å². The molecule has 146 valence electrons. The molecule has 1 aromatic heterocycles. The molecule has 1 N–H and O–H groups in total. The molecule has 0 saturated carbocycles. The fourth-order valence-electron chi connectivity index (χ4n) is 3.23. The number of hydrogen-bond donors (Lipinski definition) is 1. The van der Waals surface area contributed by atoms with Crippen LogP contribution in [0.15, 0.2) is 29.3 Å². The summed E-state index contributed by atoms with van der Waals surface area (Å²) < 4.78 is 10.5. The average Bonchev–Trinajstić information content (AvgIpc) is 2.96. The van der Waals surface area contributed by atoms with Crippen LogP contribution in [-0.2, 0) is 17.6 Å². The molecule has 1 heterocycles. The van der Waals surface area contributed by atoms with Crippen molar-refractivity contribution in [3.63, 3.8) is 0 Å². The van der Waals surface area contributed by atoms with Crippen LogP contribution in [0.4, 0.5) is 5.69 Å². The van der Waals surface area contributed by atoms with Crippen molar-refractivity contribution in [1.29, 1.82) is 5.26 Å². The van der Waals surface area contributed by atoms with Gasteiger partial charge in [0, 0.05) is 17.4 Å². The number of amides is 1. The molecule has 0 bridgehead atoms. The van der Waals surface area contributed by atoms with Crippen molar-refractivity contribution >= 4 is 23.4 Å². The molecule has 1 aliphatic carbocycles. The summed E-state index contributed by atoms with van der Waals surface area (Å²) in [5.41, 5.74) is 3.41. The SMILES string of the molecule is COc1ccc(NC(=O)CSc2nc3c(cc2C#N)CCCCC3)cc1OC. The van der Waals surface area contributed by atoms with Crippen molar-refractivity contribution in [1.82, 2.24) is 4.98 Å². The second-order valence-corrected chi connectivity index (χ2v) is 7.49. The molecule has 1 aromatic carbocycles. The van der Waals surface area contributed by atoms with Crippen LogP contribution >= 0.6 is 11.8 Å². The maximum Gasteiger partial charge on any atom is 0.234 e. The first kappa shape index (κ1) is 20.0. The summed E-state index contributed by atoms with van der Waals surface area (Å²) in [7, 11) is 3.11. The van der Waals surface area contributed by atoms with E-state index in [-0.39, 0.29) is 11.7 Å². The molecule has 3 rings (SSSR count). The summed E-state index contributed by atoms with van der Waals surface area (Å²) >= 11 is 1.29. The van der Waals surface area contributed by atoms with E-state index in [0.29, 0.717) is 27.8 Å². The van der Waals surface area contributed by atoms with Crippen molar-refractivity contribution in [3.05, 3.63) is 41.1 Å². The van der Waals surface area contributed by atoms with Gasteiger partial charge in [0.15, 0.2) is 11.5 Å². The summed E-state index contributed by atoms with van der Waals surface area (Å²) in [5, 5.41) is 12.9. The molecule has 0 unspecified atom stereocenters. The van der Waals surface area contributed by atoms with Crippen molar-refractivity contribution in [3.8, 4) is 17.6 Å². The van der Waals surface area contributed by atoms with Gasteiger partial charge in [-0.3, -0.25) is 4.79 Å². The van der Waals surface area contributed by atoms with E-state index in [0.717, 1.165) is 31.4 Å². The molecule has 0 spiro atoms. The number of aromatic nitrogens is 1. The maximum atomic E-state index is 12.4. The highest BCUT2D eigenvalue weighted by Crippen LogP contribution is 2.30. The number of nitrogens with one attached hydrogen (secondary N) is 1. The molecule has 0 fully saturated rings. The van der Waals surface area contributed by atoms with Gasteiger partial charge in [0.1, 0.15) is 11.1 Å². The Morgan fingerprint density at radius 3 is 2.71 bits per heavy atom. The number of nitriles is 1. The topological polar surface area (TPSA) is 84.2 Å². The Bertz CT molecular complexity index is 908. The monoisotopic (exact) mass is 397 g/mol. The Morgan fingerprint density at radius 2 is 1.96 bits per heavy atom. The number of methoxy groups -OCH3 is 2. The van der Waals surface area contributed by atoms with Crippen LogP contribution in [0.5, 0.6) is 11.5 Å². The second kappa shape index (κ2) is 9.47. The van der Waals surface area contributed by atoms with E-state index >= 15 is 0 Å². The predicted octanol–water partition coefficient (Wildman–Crippen LogP) is 3.97. The van der Waals surface area contributed by atoms with E-state index in [1.807, 2.05) is 6.07 Å². The number of rotatable bonds is 6. The van der Waals surface area contributed by atoms with E-state index in [4.69, 9.17) is 14.5 Å². The average molecular weight is 398 g/mol. The van der Waals surface area contributed by atoms with Gasteiger partial charge >= 0.3 is 0 Å². The van der Waals surface area contributed by atoms with Crippen molar-refractivity contribution in [2.24, 2.45) is 0 Å². The minimum Gasteiger partial charge on any atom is -0.493 e. The number of nitrogens with zero attached hydrogens (tertiary/aromatic N) is 2. The van der Waals surface area contributed by atoms with Crippen LogP contribution in [-0.4, -0.2) is 30.9 Å². The molecule has 0 aliphatic heterocycles. The van der Waals surface area contributed by atoms with Gasteiger partial charge < -0.3 is 14.8 Å². The molecule has 1 aliphatic rings. The van der Waals surface area contributed by atoms with E-state index in [1.165, 1.54) is 23.7 Å². The first-order valence-corrected chi connectivity index (χ1v) is 10.2. The third-order valence-corrected chi connectivity index (χ3v) is 5.63. The number of aryl methyl sites for hydroxylation is 2. The van der Waals surface area contributed by atoms with Crippen LogP contribution in [0.3, 0.4) is 0 Å². The summed E-state index contributed by atoms with van der Waals surface area (Å²) in [6.45, 7) is 0. The van der Waals surface area contributed by atoms with E-state index < -0.39 is 0 Å². The Balaban J connectivity index is 1.68. The van der Waals surface area contributed by atoms with Crippen LogP contribution in [0, 0.1) is 11.3 Å². The number of pyridine rings is 1. The van der Waals surface area contributed by atoms with E-state index in [1.54, 1.807) is 32.4 Å². The number of benzene rings is 1. The van der Waals surface area contributed by atoms with Gasteiger partial charge in [-0.2, -0.15) is 5.26 Å². The Hall–Kier alpha value is -2.72.